The molecular weight excluding hydrogens is 206 g/mol. The second kappa shape index (κ2) is 4.05. The Labute approximate surface area is 84.7 Å². The minimum absolute atomic E-state index is 0.0270. The molecule has 0 unspecified atom stereocenters. The molecule has 0 saturated carbocycles. The fourth-order valence-electron chi connectivity index (χ4n) is 0.835. The molecule has 0 saturated heterocycles. The second-order valence-electron chi connectivity index (χ2n) is 2.49. The van der Waals surface area contributed by atoms with Crippen LogP contribution in [0, 0.1) is 11.3 Å². The molecule has 0 bridgehead atoms. The average Bonchev–Trinajstić information content (AvgIpc) is 2.17. The maximum Gasteiger partial charge on any atom is 0.326 e. The number of nitrogens with zero attached hydrogens (tertiary/aromatic N) is 2. The van der Waals surface area contributed by atoms with Gasteiger partial charge in [0.1, 0.15) is 12.1 Å². The highest BCUT2D eigenvalue weighted by Crippen LogP contribution is 2.16. The van der Waals surface area contributed by atoms with Crippen molar-refractivity contribution < 1.29 is 9.90 Å². The van der Waals surface area contributed by atoms with Crippen LogP contribution in [0.25, 0.3) is 0 Å². The SMILES string of the molecule is N#Cc1nc([C@@H](N)C(=O)O)ccc1Cl. The summed E-state index contributed by atoms with van der Waals surface area (Å²) in [6.45, 7) is 0. The first-order valence-electron chi connectivity index (χ1n) is 3.61. The number of hydrogen-bond acceptors (Lipinski definition) is 4. The molecule has 1 aromatic heterocycles. The molecule has 0 aromatic carbocycles. The Morgan fingerprint density at radius 2 is 2.36 bits per heavy atom. The van der Waals surface area contributed by atoms with Gasteiger partial charge < -0.3 is 10.8 Å². The van der Waals surface area contributed by atoms with Gasteiger partial charge in [0, 0.05) is 0 Å². The minimum Gasteiger partial charge on any atom is -0.480 e. The molecule has 1 aromatic rings. The summed E-state index contributed by atoms with van der Waals surface area (Å²) < 4.78 is 0. The highest BCUT2D eigenvalue weighted by Gasteiger charge is 2.16. The fraction of sp³-hybridized carbons (Fsp3) is 0.125. The zero-order valence-corrected chi connectivity index (χ0v) is 7.69. The number of pyridine rings is 1. The topological polar surface area (TPSA) is 100 Å². The van der Waals surface area contributed by atoms with Crippen LogP contribution in [-0.2, 0) is 4.79 Å². The standard InChI is InChI=1S/C8H6ClN3O2/c9-4-1-2-5(7(11)8(13)14)12-6(4)3-10/h1-2,7H,11H2,(H,13,14)/t7-/m1/s1. The third-order valence-corrected chi connectivity index (χ3v) is 1.86. The minimum atomic E-state index is -1.24. The van der Waals surface area contributed by atoms with E-state index in [-0.39, 0.29) is 16.4 Å². The van der Waals surface area contributed by atoms with Gasteiger partial charge >= 0.3 is 5.97 Å². The molecule has 6 heteroatoms. The van der Waals surface area contributed by atoms with Gasteiger partial charge in [-0.15, -0.1) is 0 Å². The number of aliphatic carboxylic acids is 1. The average molecular weight is 212 g/mol. The Morgan fingerprint density at radius 3 is 2.86 bits per heavy atom. The summed E-state index contributed by atoms with van der Waals surface area (Å²) in [7, 11) is 0. The van der Waals surface area contributed by atoms with Crippen LogP contribution in [0.4, 0.5) is 0 Å². The van der Waals surface area contributed by atoms with E-state index < -0.39 is 12.0 Å². The van der Waals surface area contributed by atoms with Crippen molar-refractivity contribution >= 4 is 17.6 Å². The van der Waals surface area contributed by atoms with Crippen LogP contribution in [0.2, 0.25) is 5.02 Å². The largest absolute Gasteiger partial charge is 0.480 e. The summed E-state index contributed by atoms with van der Waals surface area (Å²) in [4.78, 5) is 14.2. The van der Waals surface area contributed by atoms with Gasteiger partial charge in [0.25, 0.3) is 0 Å². The number of carboxylic acids is 1. The van der Waals surface area contributed by atoms with E-state index in [1.165, 1.54) is 12.1 Å². The van der Waals surface area contributed by atoms with Gasteiger partial charge in [-0.2, -0.15) is 5.26 Å². The van der Waals surface area contributed by atoms with Crippen molar-refractivity contribution in [1.29, 1.82) is 5.26 Å². The predicted octanol–water partition coefficient (Wildman–Crippen LogP) is 0.691. The Morgan fingerprint density at radius 1 is 1.71 bits per heavy atom. The van der Waals surface area contributed by atoms with E-state index >= 15 is 0 Å². The van der Waals surface area contributed by atoms with Crippen molar-refractivity contribution in [3.8, 4) is 6.07 Å². The summed E-state index contributed by atoms with van der Waals surface area (Å²) in [5.74, 6) is -1.20. The van der Waals surface area contributed by atoms with Gasteiger partial charge in [-0.05, 0) is 12.1 Å². The molecule has 0 aliphatic heterocycles. The van der Waals surface area contributed by atoms with Gasteiger partial charge in [0.05, 0.1) is 10.7 Å². The molecule has 3 N–H and O–H groups in total. The Kier molecular flexibility index (Phi) is 3.02. The van der Waals surface area contributed by atoms with E-state index in [4.69, 9.17) is 27.7 Å². The van der Waals surface area contributed by atoms with E-state index in [0.29, 0.717) is 0 Å². The Bertz CT molecular complexity index is 414. The van der Waals surface area contributed by atoms with Gasteiger partial charge in [0.15, 0.2) is 5.69 Å². The molecule has 0 amide bonds. The number of halogens is 1. The first-order valence-corrected chi connectivity index (χ1v) is 3.99. The van der Waals surface area contributed by atoms with Crippen molar-refractivity contribution in [2.45, 2.75) is 6.04 Å². The van der Waals surface area contributed by atoms with Gasteiger partial charge in [0.2, 0.25) is 0 Å². The Hall–Kier alpha value is -1.64. The van der Waals surface area contributed by atoms with E-state index in [0.717, 1.165) is 0 Å². The van der Waals surface area contributed by atoms with Crippen molar-refractivity contribution in [2.75, 3.05) is 0 Å². The lowest BCUT2D eigenvalue weighted by molar-refractivity contribution is -0.138. The number of hydrogen-bond donors (Lipinski definition) is 2. The van der Waals surface area contributed by atoms with Crippen LogP contribution in [0.15, 0.2) is 12.1 Å². The molecule has 1 heterocycles. The molecular formula is C8H6ClN3O2. The molecule has 14 heavy (non-hydrogen) atoms. The maximum atomic E-state index is 10.5. The highest BCUT2D eigenvalue weighted by atomic mass is 35.5. The van der Waals surface area contributed by atoms with E-state index in [9.17, 15) is 4.79 Å². The molecule has 0 radical (unpaired) electrons. The van der Waals surface area contributed by atoms with Crippen LogP contribution < -0.4 is 5.73 Å². The van der Waals surface area contributed by atoms with Crippen molar-refractivity contribution in [1.82, 2.24) is 4.98 Å². The summed E-state index contributed by atoms with van der Waals surface area (Å²) in [6.07, 6.45) is 0. The van der Waals surface area contributed by atoms with Crippen molar-refractivity contribution in [3.05, 3.63) is 28.5 Å². The van der Waals surface area contributed by atoms with Crippen molar-refractivity contribution in [3.63, 3.8) is 0 Å². The van der Waals surface area contributed by atoms with E-state index in [1.54, 1.807) is 6.07 Å². The molecule has 0 aliphatic carbocycles. The number of carboxylic acid groups (broad SMARTS) is 1. The molecule has 5 nitrogen and oxygen atoms in total. The van der Waals surface area contributed by atoms with Crippen LogP contribution >= 0.6 is 11.6 Å². The zero-order valence-electron chi connectivity index (χ0n) is 6.94. The third kappa shape index (κ3) is 1.99. The van der Waals surface area contributed by atoms with Gasteiger partial charge in [-0.1, -0.05) is 11.6 Å². The summed E-state index contributed by atoms with van der Waals surface area (Å²) in [5.41, 5.74) is 5.38. The lowest BCUT2D eigenvalue weighted by Gasteiger charge is -2.05. The molecule has 0 aliphatic rings. The van der Waals surface area contributed by atoms with Gasteiger partial charge in [-0.3, -0.25) is 4.79 Å². The van der Waals surface area contributed by atoms with E-state index in [1.807, 2.05) is 0 Å². The number of nitriles is 1. The summed E-state index contributed by atoms with van der Waals surface area (Å²) >= 11 is 5.61. The van der Waals surface area contributed by atoms with Crippen LogP contribution in [0.5, 0.6) is 0 Å². The number of rotatable bonds is 2. The lowest BCUT2D eigenvalue weighted by atomic mass is 10.2. The lowest BCUT2D eigenvalue weighted by Crippen LogP contribution is -2.22. The monoisotopic (exact) mass is 211 g/mol. The fourth-order valence-corrected chi connectivity index (χ4v) is 0.983. The molecule has 1 rings (SSSR count). The molecule has 1 atom stereocenters. The first-order chi connectivity index (χ1) is 6.56. The van der Waals surface area contributed by atoms with Crippen LogP contribution in [0.3, 0.4) is 0 Å². The third-order valence-electron chi connectivity index (χ3n) is 1.56. The predicted molar refractivity (Wildman–Crippen MR) is 48.5 cm³/mol. The maximum absolute atomic E-state index is 10.5. The number of carbonyl (C=O) groups is 1. The number of nitrogens with two attached hydrogens (primary N) is 1. The molecule has 0 spiro atoms. The number of aromatic nitrogens is 1. The van der Waals surface area contributed by atoms with Crippen LogP contribution in [-0.4, -0.2) is 16.1 Å². The zero-order chi connectivity index (χ0) is 10.7. The highest BCUT2D eigenvalue weighted by molar-refractivity contribution is 6.31. The van der Waals surface area contributed by atoms with Crippen molar-refractivity contribution in [2.24, 2.45) is 5.73 Å². The Balaban J connectivity index is 3.14. The second-order valence-corrected chi connectivity index (χ2v) is 2.90. The summed E-state index contributed by atoms with van der Waals surface area (Å²) in [6, 6.07) is 3.27. The molecule has 0 fully saturated rings. The summed E-state index contributed by atoms with van der Waals surface area (Å²) in [5, 5.41) is 17.3. The normalized spacial score (nSPS) is 11.8. The smallest absolute Gasteiger partial charge is 0.326 e. The van der Waals surface area contributed by atoms with Gasteiger partial charge in [-0.25, -0.2) is 4.98 Å². The van der Waals surface area contributed by atoms with Crippen LogP contribution in [0.1, 0.15) is 17.4 Å². The van der Waals surface area contributed by atoms with E-state index in [2.05, 4.69) is 4.98 Å². The molecule has 72 valence electrons. The first kappa shape index (κ1) is 10.4. The quantitative estimate of drug-likeness (QED) is 0.750.